The van der Waals surface area contributed by atoms with E-state index in [2.05, 4.69) is 20.4 Å². The molecule has 1 saturated carbocycles. The molecule has 30 heavy (non-hydrogen) atoms. The second-order valence-corrected chi connectivity index (χ2v) is 9.58. The SMILES string of the molecule is CON=C1CCCC1CC(C(=O)Nc1cnccn1)c1ccc(S(C)(=O)=O)c(Cl)c1. The van der Waals surface area contributed by atoms with E-state index in [-0.39, 0.29) is 21.7 Å². The highest BCUT2D eigenvalue weighted by Gasteiger charge is 2.31. The van der Waals surface area contributed by atoms with Gasteiger partial charge in [0, 0.05) is 24.6 Å². The lowest BCUT2D eigenvalue weighted by Crippen LogP contribution is -2.25. The van der Waals surface area contributed by atoms with Crippen molar-refractivity contribution < 1.29 is 18.0 Å². The molecule has 1 aromatic heterocycles. The van der Waals surface area contributed by atoms with Gasteiger partial charge >= 0.3 is 0 Å². The molecule has 1 aliphatic carbocycles. The second-order valence-electron chi connectivity index (χ2n) is 7.18. The molecule has 0 radical (unpaired) electrons. The monoisotopic (exact) mass is 450 g/mol. The van der Waals surface area contributed by atoms with Gasteiger partial charge in [-0.3, -0.25) is 9.78 Å². The first-order chi connectivity index (χ1) is 14.3. The summed E-state index contributed by atoms with van der Waals surface area (Å²) in [5.41, 5.74) is 1.55. The third-order valence-electron chi connectivity index (χ3n) is 5.07. The first kappa shape index (κ1) is 22.2. The normalized spacial score (nSPS) is 18.9. The highest BCUT2D eigenvalue weighted by atomic mass is 35.5. The van der Waals surface area contributed by atoms with Crippen LogP contribution >= 0.6 is 11.6 Å². The third kappa shape index (κ3) is 5.34. The number of aromatic nitrogens is 2. The number of rotatable bonds is 7. The lowest BCUT2D eigenvalue weighted by atomic mass is 9.86. The first-order valence-corrected chi connectivity index (χ1v) is 11.7. The highest BCUT2D eigenvalue weighted by molar-refractivity contribution is 7.90. The molecule has 8 nitrogen and oxygen atoms in total. The van der Waals surface area contributed by atoms with Crippen LogP contribution in [0.5, 0.6) is 0 Å². The van der Waals surface area contributed by atoms with E-state index in [0.29, 0.717) is 17.8 Å². The van der Waals surface area contributed by atoms with Gasteiger partial charge in [-0.15, -0.1) is 0 Å². The van der Waals surface area contributed by atoms with Crippen LogP contribution in [0.3, 0.4) is 0 Å². The summed E-state index contributed by atoms with van der Waals surface area (Å²) < 4.78 is 23.8. The average Bonchev–Trinajstić information content (AvgIpc) is 3.13. The number of benzene rings is 1. The van der Waals surface area contributed by atoms with Crippen LogP contribution in [-0.4, -0.2) is 43.4 Å². The summed E-state index contributed by atoms with van der Waals surface area (Å²) in [6.45, 7) is 0. The molecule has 160 valence electrons. The van der Waals surface area contributed by atoms with E-state index in [9.17, 15) is 13.2 Å². The van der Waals surface area contributed by atoms with Crippen LogP contribution in [0.4, 0.5) is 5.82 Å². The molecule has 1 fully saturated rings. The van der Waals surface area contributed by atoms with Gasteiger partial charge in [0.15, 0.2) is 15.7 Å². The summed E-state index contributed by atoms with van der Waals surface area (Å²) in [7, 11) is -1.97. The van der Waals surface area contributed by atoms with Crippen molar-refractivity contribution in [1.29, 1.82) is 0 Å². The minimum Gasteiger partial charge on any atom is -0.399 e. The van der Waals surface area contributed by atoms with Gasteiger partial charge in [0.05, 0.1) is 27.7 Å². The van der Waals surface area contributed by atoms with Crippen LogP contribution in [0.15, 0.2) is 46.8 Å². The molecule has 0 aliphatic heterocycles. The van der Waals surface area contributed by atoms with Crippen molar-refractivity contribution in [3.63, 3.8) is 0 Å². The quantitative estimate of drug-likeness (QED) is 0.647. The molecule has 1 aliphatic rings. The number of nitrogens with zero attached hydrogens (tertiary/aromatic N) is 3. The number of hydrogen-bond donors (Lipinski definition) is 1. The van der Waals surface area contributed by atoms with Crippen molar-refractivity contribution in [3.05, 3.63) is 47.4 Å². The molecule has 1 aromatic carbocycles. The Bertz CT molecular complexity index is 1040. The standard InChI is InChI=1S/C20H23ClN4O4S/c1-29-25-17-5-3-4-14(17)10-15(20(26)24-19-12-22-8-9-23-19)13-6-7-18(16(21)11-13)30(2,27)28/h6-9,11-12,14-15H,3-5,10H2,1-2H3,(H,23,24,26). The Labute approximate surface area is 180 Å². The number of carbonyl (C=O) groups is 1. The lowest BCUT2D eigenvalue weighted by molar-refractivity contribution is -0.117. The molecule has 2 aromatic rings. The summed E-state index contributed by atoms with van der Waals surface area (Å²) >= 11 is 6.24. The van der Waals surface area contributed by atoms with Gasteiger partial charge in [-0.25, -0.2) is 13.4 Å². The van der Waals surface area contributed by atoms with Crippen molar-refractivity contribution in [2.45, 2.75) is 36.5 Å². The Morgan fingerprint density at radius 2 is 2.20 bits per heavy atom. The van der Waals surface area contributed by atoms with E-state index in [1.165, 1.54) is 31.8 Å². The van der Waals surface area contributed by atoms with E-state index in [1.54, 1.807) is 12.1 Å². The fourth-order valence-electron chi connectivity index (χ4n) is 3.68. The van der Waals surface area contributed by atoms with E-state index < -0.39 is 15.8 Å². The van der Waals surface area contributed by atoms with Crippen molar-refractivity contribution in [2.24, 2.45) is 11.1 Å². The van der Waals surface area contributed by atoms with Gasteiger partial charge in [-0.2, -0.15) is 0 Å². The fourth-order valence-corrected chi connectivity index (χ4v) is 5.02. The van der Waals surface area contributed by atoms with Crippen molar-refractivity contribution >= 4 is 38.9 Å². The zero-order valence-corrected chi connectivity index (χ0v) is 18.3. The molecular weight excluding hydrogens is 428 g/mol. The third-order valence-corrected chi connectivity index (χ3v) is 6.65. The molecule has 10 heteroatoms. The molecule has 2 unspecified atom stereocenters. The van der Waals surface area contributed by atoms with Gasteiger partial charge in [0.2, 0.25) is 5.91 Å². The summed E-state index contributed by atoms with van der Waals surface area (Å²) in [5, 5.41) is 6.98. The summed E-state index contributed by atoms with van der Waals surface area (Å²) in [5.74, 6) is -0.440. The van der Waals surface area contributed by atoms with Crippen molar-refractivity contribution in [1.82, 2.24) is 9.97 Å². The smallest absolute Gasteiger partial charge is 0.233 e. The predicted octanol–water partition coefficient (Wildman–Crippen LogP) is 3.45. The number of anilines is 1. The number of nitrogens with one attached hydrogen (secondary N) is 1. The number of hydrogen-bond acceptors (Lipinski definition) is 7. The van der Waals surface area contributed by atoms with Crippen LogP contribution in [0.25, 0.3) is 0 Å². The van der Waals surface area contributed by atoms with Gasteiger partial charge in [0.25, 0.3) is 0 Å². The predicted molar refractivity (Wildman–Crippen MR) is 114 cm³/mol. The van der Waals surface area contributed by atoms with Crippen LogP contribution in [0.1, 0.15) is 37.2 Å². The Kier molecular flexibility index (Phi) is 7.04. The van der Waals surface area contributed by atoms with Crippen LogP contribution < -0.4 is 5.32 Å². The number of sulfone groups is 1. The molecule has 1 amide bonds. The van der Waals surface area contributed by atoms with E-state index in [0.717, 1.165) is 31.2 Å². The topological polar surface area (TPSA) is 111 Å². The largest absolute Gasteiger partial charge is 0.399 e. The molecule has 1 heterocycles. The zero-order valence-electron chi connectivity index (χ0n) is 16.7. The Balaban J connectivity index is 1.93. The second kappa shape index (κ2) is 9.53. The molecular formula is C20H23ClN4O4S. The van der Waals surface area contributed by atoms with E-state index >= 15 is 0 Å². The molecule has 2 atom stereocenters. The van der Waals surface area contributed by atoms with E-state index in [1.807, 2.05) is 0 Å². The summed E-state index contributed by atoms with van der Waals surface area (Å²) in [6.07, 6.45) is 8.74. The maximum absolute atomic E-state index is 13.1. The van der Waals surface area contributed by atoms with Crippen LogP contribution in [0, 0.1) is 5.92 Å². The lowest BCUT2D eigenvalue weighted by Gasteiger charge is -2.21. The first-order valence-electron chi connectivity index (χ1n) is 9.46. The molecule has 0 spiro atoms. The maximum Gasteiger partial charge on any atom is 0.233 e. The average molecular weight is 451 g/mol. The summed E-state index contributed by atoms with van der Waals surface area (Å²) in [6, 6.07) is 4.61. The number of oxime groups is 1. The zero-order chi connectivity index (χ0) is 21.7. The Morgan fingerprint density at radius 3 is 2.83 bits per heavy atom. The van der Waals surface area contributed by atoms with Crippen LogP contribution in [-0.2, 0) is 19.5 Å². The van der Waals surface area contributed by atoms with Gasteiger partial charge in [-0.05, 0) is 43.4 Å². The summed E-state index contributed by atoms with van der Waals surface area (Å²) in [4.78, 5) is 26.2. The van der Waals surface area contributed by atoms with E-state index in [4.69, 9.17) is 16.4 Å². The van der Waals surface area contributed by atoms with Gasteiger partial charge in [-0.1, -0.05) is 22.8 Å². The number of carbonyl (C=O) groups excluding carboxylic acids is 1. The number of amides is 1. The van der Waals surface area contributed by atoms with Gasteiger partial charge < -0.3 is 10.2 Å². The number of halogens is 1. The Hall–Kier alpha value is -2.52. The molecule has 0 saturated heterocycles. The minimum absolute atomic E-state index is 0.0310. The van der Waals surface area contributed by atoms with Crippen LogP contribution in [0.2, 0.25) is 5.02 Å². The van der Waals surface area contributed by atoms with Crippen molar-refractivity contribution in [3.8, 4) is 0 Å². The molecule has 3 rings (SSSR count). The molecule has 0 bridgehead atoms. The molecule has 1 N–H and O–H groups in total. The van der Waals surface area contributed by atoms with Crippen molar-refractivity contribution in [2.75, 3.05) is 18.7 Å². The Morgan fingerprint density at radius 1 is 1.40 bits per heavy atom. The highest BCUT2D eigenvalue weighted by Crippen LogP contribution is 2.35. The minimum atomic E-state index is -3.47. The maximum atomic E-state index is 13.1. The van der Waals surface area contributed by atoms with Gasteiger partial charge in [0.1, 0.15) is 7.11 Å². The fraction of sp³-hybridized carbons (Fsp3) is 0.400.